The Kier molecular flexibility index (Phi) is 6.78. The number of ether oxygens (including phenoxy) is 1. The number of carbonyl (C=O) groups is 2. The fourth-order valence-electron chi connectivity index (χ4n) is 2.91. The molecule has 2 aromatic rings. The first-order valence-corrected chi connectivity index (χ1v) is 8.75. The van der Waals surface area contributed by atoms with Crippen LogP contribution in [0, 0.1) is 13.8 Å². The molecule has 2 rings (SSSR count). The van der Waals surface area contributed by atoms with Crippen molar-refractivity contribution in [3.63, 3.8) is 0 Å². The van der Waals surface area contributed by atoms with Gasteiger partial charge in [-0.3, -0.25) is 9.59 Å². The predicted octanol–water partition coefficient (Wildman–Crippen LogP) is 3.80. The van der Waals surface area contributed by atoms with Crippen LogP contribution in [-0.4, -0.2) is 36.9 Å². The molecule has 2 aromatic carbocycles. The van der Waals surface area contributed by atoms with E-state index in [2.05, 4.69) is 5.32 Å². The number of aryl methyl sites for hydroxylation is 2. The van der Waals surface area contributed by atoms with Crippen molar-refractivity contribution in [3.8, 4) is 5.75 Å². The Balaban J connectivity index is 2.14. The minimum atomic E-state index is -0.249. The van der Waals surface area contributed by atoms with Gasteiger partial charge in [-0.1, -0.05) is 36.2 Å². The van der Waals surface area contributed by atoms with Gasteiger partial charge in [0.05, 0.1) is 12.8 Å². The van der Waals surface area contributed by atoms with E-state index in [1.807, 2.05) is 51.1 Å². The smallest absolute Gasteiger partial charge is 0.254 e. The standard InChI is InChI=1S/C21H26N2O3/c1-5-10-23(21(25)17-12-15(2)11-16(3)13-17)14-20(24)22-18-8-6-7-9-19(18)26-4/h6-9,11-13H,5,10,14H2,1-4H3,(H,22,24). The van der Waals surface area contributed by atoms with Crippen LogP contribution in [0.4, 0.5) is 5.69 Å². The molecule has 5 nitrogen and oxygen atoms in total. The summed E-state index contributed by atoms with van der Waals surface area (Å²) >= 11 is 0. The van der Waals surface area contributed by atoms with Gasteiger partial charge < -0.3 is 15.0 Å². The molecule has 0 saturated carbocycles. The van der Waals surface area contributed by atoms with Crippen molar-refractivity contribution in [1.82, 2.24) is 4.90 Å². The van der Waals surface area contributed by atoms with Crippen molar-refractivity contribution in [2.45, 2.75) is 27.2 Å². The molecule has 2 amide bonds. The number of rotatable bonds is 7. The highest BCUT2D eigenvalue weighted by Gasteiger charge is 2.19. The molecule has 0 spiro atoms. The van der Waals surface area contributed by atoms with E-state index in [0.29, 0.717) is 23.5 Å². The predicted molar refractivity (Wildman–Crippen MR) is 104 cm³/mol. The van der Waals surface area contributed by atoms with Gasteiger partial charge in [0.1, 0.15) is 12.3 Å². The molecule has 0 fully saturated rings. The molecule has 1 N–H and O–H groups in total. The van der Waals surface area contributed by atoms with Gasteiger partial charge in [0.25, 0.3) is 5.91 Å². The Morgan fingerprint density at radius 3 is 2.35 bits per heavy atom. The lowest BCUT2D eigenvalue weighted by molar-refractivity contribution is -0.116. The largest absolute Gasteiger partial charge is 0.495 e. The molecular formula is C21H26N2O3. The maximum absolute atomic E-state index is 12.9. The Morgan fingerprint density at radius 1 is 1.08 bits per heavy atom. The van der Waals surface area contributed by atoms with Crippen molar-refractivity contribution in [2.24, 2.45) is 0 Å². The highest BCUT2D eigenvalue weighted by molar-refractivity contribution is 6.00. The third-order valence-electron chi connectivity index (χ3n) is 3.96. The normalized spacial score (nSPS) is 10.3. The summed E-state index contributed by atoms with van der Waals surface area (Å²) in [5.41, 5.74) is 3.27. The molecule has 5 heteroatoms. The van der Waals surface area contributed by atoms with E-state index in [0.717, 1.165) is 17.5 Å². The molecule has 0 aliphatic carbocycles. The summed E-state index contributed by atoms with van der Waals surface area (Å²) in [6, 6.07) is 12.9. The summed E-state index contributed by atoms with van der Waals surface area (Å²) < 4.78 is 5.25. The molecule has 0 unspecified atom stereocenters. The van der Waals surface area contributed by atoms with Crippen molar-refractivity contribution in [2.75, 3.05) is 25.5 Å². The minimum Gasteiger partial charge on any atom is -0.495 e. The van der Waals surface area contributed by atoms with Crippen LogP contribution in [0.1, 0.15) is 34.8 Å². The Bertz CT molecular complexity index is 766. The van der Waals surface area contributed by atoms with E-state index >= 15 is 0 Å². The Morgan fingerprint density at radius 2 is 1.73 bits per heavy atom. The lowest BCUT2D eigenvalue weighted by atomic mass is 10.1. The van der Waals surface area contributed by atoms with E-state index in [1.165, 1.54) is 0 Å². The second kappa shape index (κ2) is 9.04. The lowest BCUT2D eigenvalue weighted by Crippen LogP contribution is -2.38. The van der Waals surface area contributed by atoms with Crippen molar-refractivity contribution in [3.05, 3.63) is 59.2 Å². The Labute approximate surface area is 155 Å². The molecule has 0 aliphatic rings. The van der Waals surface area contributed by atoms with Gasteiger partial charge in [-0.2, -0.15) is 0 Å². The van der Waals surface area contributed by atoms with E-state index < -0.39 is 0 Å². The molecule has 0 heterocycles. The van der Waals surface area contributed by atoms with Gasteiger partial charge in [-0.05, 0) is 44.5 Å². The topological polar surface area (TPSA) is 58.6 Å². The zero-order valence-electron chi connectivity index (χ0n) is 15.8. The summed E-state index contributed by atoms with van der Waals surface area (Å²) in [4.78, 5) is 26.9. The first kappa shape index (κ1) is 19.5. The first-order valence-electron chi connectivity index (χ1n) is 8.75. The number of methoxy groups -OCH3 is 1. The zero-order chi connectivity index (χ0) is 19.1. The van der Waals surface area contributed by atoms with Crippen LogP contribution >= 0.6 is 0 Å². The number of nitrogens with zero attached hydrogens (tertiary/aromatic N) is 1. The lowest BCUT2D eigenvalue weighted by Gasteiger charge is -2.22. The van der Waals surface area contributed by atoms with Gasteiger partial charge in [0.15, 0.2) is 0 Å². The molecule has 0 aliphatic heterocycles. The molecule has 0 radical (unpaired) electrons. The van der Waals surface area contributed by atoms with Crippen LogP contribution in [-0.2, 0) is 4.79 Å². The second-order valence-corrected chi connectivity index (χ2v) is 6.35. The number of amides is 2. The van der Waals surface area contributed by atoms with Crippen LogP contribution in [0.2, 0.25) is 0 Å². The van der Waals surface area contributed by atoms with Crippen molar-refractivity contribution in [1.29, 1.82) is 0 Å². The van der Waals surface area contributed by atoms with E-state index in [4.69, 9.17) is 4.74 Å². The summed E-state index contributed by atoms with van der Waals surface area (Å²) in [6.45, 7) is 6.42. The van der Waals surface area contributed by atoms with Crippen LogP contribution in [0.25, 0.3) is 0 Å². The van der Waals surface area contributed by atoms with Gasteiger partial charge >= 0.3 is 0 Å². The van der Waals surface area contributed by atoms with Crippen LogP contribution in [0.5, 0.6) is 5.75 Å². The minimum absolute atomic E-state index is 0.00227. The molecular weight excluding hydrogens is 328 g/mol. The molecule has 138 valence electrons. The quantitative estimate of drug-likeness (QED) is 0.823. The molecule has 0 bridgehead atoms. The zero-order valence-corrected chi connectivity index (χ0v) is 15.8. The molecule has 26 heavy (non-hydrogen) atoms. The average Bonchev–Trinajstić information content (AvgIpc) is 2.60. The van der Waals surface area contributed by atoms with Gasteiger partial charge in [0, 0.05) is 12.1 Å². The third kappa shape index (κ3) is 5.09. The van der Waals surface area contributed by atoms with Crippen LogP contribution < -0.4 is 10.1 Å². The maximum atomic E-state index is 12.9. The number of benzene rings is 2. The average molecular weight is 354 g/mol. The number of nitrogens with one attached hydrogen (secondary N) is 1. The summed E-state index contributed by atoms with van der Waals surface area (Å²) in [6.07, 6.45) is 0.776. The molecule has 0 saturated heterocycles. The number of hydrogen-bond donors (Lipinski definition) is 1. The fraction of sp³-hybridized carbons (Fsp3) is 0.333. The second-order valence-electron chi connectivity index (χ2n) is 6.35. The maximum Gasteiger partial charge on any atom is 0.254 e. The number of hydrogen-bond acceptors (Lipinski definition) is 3. The van der Waals surface area contributed by atoms with E-state index in [1.54, 1.807) is 24.1 Å². The van der Waals surface area contributed by atoms with Gasteiger partial charge in [-0.15, -0.1) is 0 Å². The van der Waals surface area contributed by atoms with Crippen molar-refractivity contribution < 1.29 is 14.3 Å². The van der Waals surface area contributed by atoms with Gasteiger partial charge in [-0.25, -0.2) is 0 Å². The number of para-hydroxylation sites is 2. The van der Waals surface area contributed by atoms with Crippen LogP contribution in [0.3, 0.4) is 0 Å². The SMILES string of the molecule is CCCN(CC(=O)Nc1ccccc1OC)C(=O)c1cc(C)cc(C)c1. The molecule has 0 aromatic heterocycles. The Hall–Kier alpha value is -2.82. The summed E-state index contributed by atoms with van der Waals surface area (Å²) in [5.74, 6) is 0.207. The van der Waals surface area contributed by atoms with Gasteiger partial charge in [0.2, 0.25) is 5.91 Å². The summed E-state index contributed by atoms with van der Waals surface area (Å²) in [5, 5.41) is 2.82. The number of anilines is 1. The third-order valence-corrected chi connectivity index (χ3v) is 3.96. The highest BCUT2D eigenvalue weighted by Crippen LogP contribution is 2.23. The monoisotopic (exact) mass is 354 g/mol. The van der Waals surface area contributed by atoms with Crippen LogP contribution in [0.15, 0.2) is 42.5 Å². The fourth-order valence-corrected chi connectivity index (χ4v) is 2.91. The van der Waals surface area contributed by atoms with E-state index in [-0.39, 0.29) is 18.4 Å². The highest BCUT2D eigenvalue weighted by atomic mass is 16.5. The summed E-state index contributed by atoms with van der Waals surface area (Å²) in [7, 11) is 1.55. The molecule has 0 atom stereocenters. The van der Waals surface area contributed by atoms with E-state index in [9.17, 15) is 9.59 Å². The first-order chi connectivity index (χ1) is 12.4. The number of carbonyl (C=O) groups excluding carboxylic acids is 2. The van der Waals surface area contributed by atoms with Crippen molar-refractivity contribution >= 4 is 17.5 Å².